The fourth-order valence-electron chi connectivity index (χ4n) is 5.09. The number of fused-ring (bicyclic) bond motifs is 1. The van der Waals surface area contributed by atoms with Crippen LogP contribution in [0.2, 0.25) is 0 Å². The molecular weight excluding hydrogens is 549 g/mol. The molecule has 216 valence electrons. The first-order valence-electron chi connectivity index (χ1n) is 12.7. The van der Waals surface area contributed by atoms with E-state index in [2.05, 4.69) is 4.98 Å². The average molecular weight is 581 g/mol. The summed E-state index contributed by atoms with van der Waals surface area (Å²) in [7, 11) is -0.308. The number of sulfonamides is 1. The molecule has 3 N–H and O–H groups in total. The van der Waals surface area contributed by atoms with Gasteiger partial charge in [0.2, 0.25) is 10.0 Å². The fraction of sp³-hybridized carbons (Fsp3) is 0.407. The van der Waals surface area contributed by atoms with Crippen LogP contribution in [-0.4, -0.2) is 73.6 Å². The van der Waals surface area contributed by atoms with E-state index >= 15 is 0 Å². The third-order valence-corrected chi connectivity index (χ3v) is 9.04. The van der Waals surface area contributed by atoms with Crippen molar-refractivity contribution in [1.29, 1.82) is 0 Å². The van der Waals surface area contributed by atoms with E-state index in [0.717, 1.165) is 10.9 Å². The standard InChI is InChI=1S/C27H31F3N4O5S/c1-4-40(37,38)34-10-8-16(9-11-34)22-15-32-23-20(22)13-19(14-21(23)24(31)35)17-6-5-7-18(12-17)25(33(2)3)39-26(36)27(28,29)30/h5-7,12-16,25,32H,4,8-11H2,1-3H3,(H2,31,35). The van der Waals surface area contributed by atoms with Crippen molar-refractivity contribution in [2.75, 3.05) is 32.9 Å². The minimum absolute atomic E-state index is 0.0409. The maximum Gasteiger partial charge on any atom is 0.490 e. The number of nitrogens with zero attached hydrogens (tertiary/aromatic N) is 2. The van der Waals surface area contributed by atoms with Crippen LogP contribution < -0.4 is 5.73 Å². The van der Waals surface area contributed by atoms with Crippen LogP contribution in [0.3, 0.4) is 0 Å². The Morgan fingerprint density at radius 2 is 1.82 bits per heavy atom. The van der Waals surface area contributed by atoms with Gasteiger partial charge in [0, 0.05) is 30.2 Å². The number of carbonyl (C=O) groups excluding carboxylic acids is 2. The lowest BCUT2D eigenvalue weighted by molar-refractivity contribution is -0.212. The zero-order valence-electron chi connectivity index (χ0n) is 22.3. The molecular formula is C27H31F3N4O5S. The Balaban J connectivity index is 1.72. The predicted octanol–water partition coefficient (Wildman–Crippen LogP) is 4.13. The molecule has 1 amide bonds. The summed E-state index contributed by atoms with van der Waals surface area (Å²) in [5, 5.41) is 0.751. The maximum absolute atomic E-state index is 12.9. The Morgan fingerprint density at radius 3 is 2.40 bits per heavy atom. The van der Waals surface area contributed by atoms with Gasteiger partial charge in [-0.25, -0.2) is 17.5 Å². The summed E-state index contributed by atoms with van der Waals surface area (Å²) < 4.78 is 69.5. The lowest BCUT2D eigenvalue weighted by Gasteiger charge is -2.31. The van der Waals surface area contributed by atoms with Gasteiger partial charge < -0.3 is 15.5 Å². The van der Waals surface area contributed by atoms with Gasteiger partial charge in [-0.15, -0.1) is 0 Å². The second-order valence-corrected chi connectivity index (χ2v) is 12.2. The van der Waals surface area contributed by atoms with E-state index in [1.54, 1.807) is 37.3 Å². The molecule has 13 heteroatoms. The van der Waals surface area contributed by atoms with Crippen LogP contribution in [0.4, 0.5) is 13.2 Å². The maximum atomic E-state index is 12.9. The molecule has 0 radical (unpaired) electrons. The van der Waals surface area contributed by atoms with E-state index in [0.29, 0.717) is 48.1 Å². The molecule has 4 rings (SSSR count). The molecule has 0 aliphatic carbocycles. The van der Waals surface area contributed by atoms with Crippen molar-refractivity contribution in [3.8, 4) is 11.1 Å². The summed E-state index contributed by atoms with van der Waals surface area (Å²) >= 11 is 0. The number of ether oxygens (including phenoxy) is 1. The lowest BCUT2D eigenvalue weighted by Crippen LogP contribution is -2.38. The molecule has 2 aromatic carbocycles. The SMILES string of the molecule is CCS(=O)(=O)N1CCC(c2c[nH]c3c(C(N)=O)cc(-c4cccc(C(OC(=O)C(F)(F)F)N(C)C)c4)cc23)CC1. The van der Waals surface area contributed by atoms with Crippen LogP contribution in [-0.2, 0) is 19.6 Å². The highest BCUT2D eigenvalue weighted by Crippen LogP contribution is 2.38. The molecule has 0 saturated carbocycles. The van der Waals surface area contributed by atoms with Gasteiger partial charge in [0.05, 0.1) is 16.8 Å². The molecule has 1 saturated heterocycles. The monoisotopic (exact) mass is 580 g/mol. The van der Waals surface area contributed by atoms with Gasteiger partial charge in [-0.3, -0.25) is 9.69 Å². The topological polar surface area (TPSA) is 126 Å². The van der Waals surface area contributed by atoms with Crippen LogP contribution in [0.5, 0.6) is 0 Å². The van der Waals surface area contributed by atoms with Crippen molar-refractivity contribution in [3.63, 3.8) is 0 Å². The molecule has 3 aromatic rings. The summed E-state index contributed by atoms with van der Waals surface area (Å²) in [5.41, 5.74) is 8.90. The Kier molecular flexibility index (Phi) is 8.29. The van der Waals surface area contributed by atoms with Gasteiger partial charge in [-0.1, -0.05) is 18.2 Å². The number of amides is 1. The third-order valence-electron chi connectivity index (χ3n) is 7.16. The van der Waals surface area contributed by atoms with E-state index in [1.807, 2.05) is 12.3 Å². The van der Waals surface area contributed by atoms with Crippen LogP contribution in [0.1, 0.15) is 53.4 Å². The van der Waals surface area contributed by atoms with Crippen LogP contribution in [0, 0.1) is 0 Å². The summed E-state index contributed by atoms with van der Waals surface area (Å²) in [4.78, 5) is 28.5. The van der Waals surface area contributed by atoms with Gasteiger partial charge in [0.15, 0.2) is 6.23 Å². The smallest absolute Gasteiger partial charge is 0.435 e. The van der Waals surface area contributed by atoms with Gasteiger partial charge in [-0.05, 0) is 74.7 Å². The molecule has 0 bridgehead atoms. The molecule has 1 atom stereocenters. The van der Waals surface area contributed by atoms with E-state index in [-0.39, 0.29) is 17.2 Å². The summed E-state index contributed by atoms with van der Waals surface area (Å²) in [6.45, 7) is 2.39. The third kappa shape index (κ3) is 6.01. The zero-order valence-corrected chi connectivity index (χ0v) is 23.1. The number of alkyl halides is 3. The number of aromatic nitrogens is 1. The van der Waals surface area contributed by atoms with E-state index in [9.17, 15) is 31.2 Å². The van der Waals surface area contributed by atoms with Crippen molar-refractivity contribution < 1.29 is 35.9 Å². The number of halogens is 3. The normalized spacial score (nSPS) is 16.4. The largest absolute Gasteiger partial charge is 0.490 e. The number of aromatic amines is 1. The highest BCUT2D eigenvalue weighted by atomic mass is 32.2. The van der Waals surface area contributed by atoms with E-state index in [4.69, 9.17) is 10.5 Å². The van der Waals surface area contributed by atoms with Crippen molar-refractivity contribution in [2.45, 2.75) is 38.1 Å². The number of piperidine rings is 1. The molecule has 1 aliphatic heterocycles. The summed E-state index contributed by atoms with van der Waals surface area (Å²) in [5.74, 6) is -2.88. The molecule has 1 fully saturated rings. The summed E-state index contributed by atoms with van der Waals surface area (Å²) in [6, 6.07) is 9.97. The number of rotatable bonds is 8. The molecule has 1 aromatic heterocycles. The Labute approximate surface area is 230 Å². The first-order valence-corrected chi connectivity index (χ1v) is 14.3. The summed E-state index contributed by atoms with van der Waals surface area (Å²) in [6.07, 6.45) is -3.43. The fourth-order valence-corrected chi connectivity index (χ4v) is 6.22. The average Bonchev–Trinajstić information content (AvgIpc) is 3.34. The van der Waals surface area contributed by atoms with Gasteiger partial charge >= 0.3 is 12.1 Å². The number of hydrogen-bond donors (Lipinski definition) is 2. The number of H-pyrrole nitrogens is 1. The minimum atomic E-state index is -5.14. The first kappa shape index (κ1) is 29.6. The first-order chi connectivity index (χ1) is 18.7. The van der Waals surface area contributed by atoms with Crippen molar-refractivity contribution in [1.82, 2.24) is 14.2 Å². The Morgan fingerprint density at radius 1 is 1.15 bits per heavy atom. The second-order valence-electron chi connectivity index (χ2n) is 9.97. The molecule has 9 nitrogen and oxygen atoms in total. The number of esters is 1. The van der Waals surface area contributed by atoms with Crippen molar-refractivity contribution >= 4 is 32.8 Å². The van der Waals surface area contributed by atoms with E-state index < -0.39 is 34.3 Å². The number of nitrogens with one attached hydrogen (secondary N) is 1. The van der Waals surface area contributed by atoms with Gasteiger partial charge in [0.1, 0.15) is 0 Å². The molecule has 0 spiro atoms. The molecule has 1 aliphatic rings. The molecule has 1 unspecified atom stereocenters. The van der Waals surface area contributed by atoms with Crippen LogP contribution in [0.15, 0.2) is 42.6 Å². The number of benzene rings is 2. The van der Waals surface area contributed by atoms with Crippen LogP contribution in [0.25, 0.3) is 22.0 Å². The highest BCUT2D eigenvalue weighted by molar-refractivity contribution is 7.89. The molecule has 40 heavy (non-hydrogen) atoms. The van der Waals surface area contributed by atoms with Crippen molar-refractivity contribution in [3.05, 3.63) is 59.3 Å². The Hall–Kier alpha value is -3.42. The lowest BCUT2D eigenvalue weighted by atomic mass is 9.88. The van der Waals surface area contributed by atoms with Gasteiger partial charge in [0.25, 0.3) is 5.91 Å². The predicted molar refractivity (Wildman–Crippen MR) is 144 cm³/mol. The Bertz CT molecular complexity index is 1530. The molecule has 2 heterocycles. The minimum Gasteiger partial charge on any atom is -0.435 e. The number of nitrogens with two attached hydrogens (primary N) is 1. The highest BCUT2D eigenvalue weighted by Gasteiger charge is 2.43. The van der Waals surface area contributed by atoms with Gasteiger partial charge in [-0.2, -0.15) is 13.2 Å². The van der Waals surface area contributed by atoms with E-state index in [1.165, 1.54) is 23.3 Å². The second kappa shape index (κ2) is 11.2. The quantitative estimate of drug-likeness (QED) is 0.305. The number of hydrogen-bond acceptors (Lipinski definition) is 6. The number of primary amides is 1. The van der Waals surface area contributed by atoms with Crippen molar-refractivity contribution in [2.24, 2.45) is 5.73 Å². The number of carbonyl (C=O) groups is 2. The zero-order chi connectivity index (χ0) is 29.4. The van der Waals surface area contributed by atoms with Crippen LogP contribution >= 0.6 is 0 Å².